The molecule has 0 N–H and O–H groups in total. The Balaban J connectivity index is 1.73. The third-order valence-electron chi connectivity index (χ3n) is 5.35. The first-order chi connectivity index (χ1) is 13.7. The minimum absolute atomic E-state index is 0.0724. The first-order valence-corrected chi connectivity index (χ1v) is 9.91. The standard InChI is InChI=1S/C25H25NO2/c1-3-4-7-14-26-17-23(22-8-5-6-9-24(22)26)25(27)20-11-10-19-16-21(28-2)13-12-18(19)15-20/h5-6,8-13,15-17H,3-4,7,14H2,1-2H3. The Bertz CT molecular complexity index is 1140. The molecule has 4 rings (SSSR count). The number of para-hydroxylation sites is 1. The van der Waals surface area contributed by atoms with E-state index in [1.54, 1.807) is 7.11 Å². The van der Waals surface area contributed by atoms with E-state index in [1.165, 1.54) is 12.8 Å². The van der Waals surface area contributed by atoms with E-state index >= 15 is 0 Å². The topological polar surface area (TPSA) is 31.2 Å². The molecule has 3 heteroatoms. The summed E-state index contributed by atoms with van der Waals surface area (Å²) in [6.07, 6.45) is 5.54. The van der Waals surface area contributed by atoms with E-state index in [-0.39, 0.29) is 5.78 Å². The van der Waals surface area contributed by atoms with Crippen LogP contribution in [0.4, 0.5) is 0 Å². The summed E-state index contributed by atoms with van der Waals surface area (Å²) in [5.74, 6) is 0.893. The van der Waals surface area contributed by atoms with Crippen LogP contribution in [0, 0.1) is 0 Å². The summed E-state index contributed by atoms with van der Waals surface area (Å²) in [6.45, 7) is 3.15. The van der Waals surface area contributed by atoms with Crippen molar-refractivity contribution in [2.45, 2.75) is 32.7 Å². The van der Waals surface area contributed by atoms with Gasteiger partial charge in [-0.3, -0.25) is 4.79 Å². The molecule has 0 saturated carbocycles. The summed E-state index contributed by atoms with van der Waals surface area (Å²) in [7, 11) is 1.66. The maximum absolute atomic E-state index is 13.3. The number of ether oxygens (including phenoxy) is 1. The van der Waals surface area contributed by atoms with E-state index in [9.17, 15) is 4.79 Å². The molecule has 0 bridgehead atoms. The fourth-order valence-electron chi connectivity index (χ4n) is 3.79. The molecule has 0 amide bonds. The average Bonchev–Trinajstić information content (AvgIpc) is 3.11. The van der Waals surface area contributed by atoms with Crippen molar-refractivity contribution in [3.8, 4) is 5.75 Å². The number of hydrogen-bond donors (Lipinski definition) is 0. The molecular weight excluding hydrogens is 346 g/mol. The summed E-state index contributed by atoms with van der Waals surface area (Å²) < 4.78 is 7.52. The predicted molar refractivity (Wildman–Crippen MR) is 115 cm³/mol. The Morgan fingerprint density at radius 3 is 2.57 bits per heavy atom. The van der Waals surface area contributed by atoms with Gasteiger partial charge in [0, 0.05) is 34.8 Å². The molecule has 142 valence electrons. The van der Waals surface area contributed by atoms with Crippen LogP contribution in [-0.2, 0) is 6.54 Å². The molecule has 1 heterocycles. The van der Waals surface area contributed by atoms with Gasteiger partial charge in [-0.15, -0.1) is 0 Å². The van der Waals surface area contributed by atoms with Gasteiger partial charge in [0.2, 0.25) is 0 Å². The van der Waals surface area contributed by atoms with Crippen molar-refractivity contribution >= 4 is 27.5 Å². The molecule has 3 nitrogen and oxygen atoms in total. The zero-order valence-electron chi connectivity index (χ0n) is 16.4. The molecule has 0 aliphatic rings. The van der Waals surface area contributed by atoms with Crippen molar-refractivity contribution < 1.29 is 9.53 Å². The second-order valence-corrected chi connectivity index (χ2v) is 7.22. The highest BCUT2D eigenvalue weighted by molar-refractivity contribution is 6.17. The molecule has 0 unspecified atom stereocenters. The lowest BCUT2D eigenvalue weighted by Gasteiger charge is -2.05. The van der Waals surface area contributed by atoms with Crippen LogP contribution in [0.1, 0.15) is 42.1 Å². The van der Waals surface area contributed by atoms with Gasteiger partial charge in [0.1, 0.15) is 5.75 Å². The molecule has 0 atom stereocenters. The van der Waals surface area contributed by atoms with Crippen molar-refractivity contribution in [2.75, 3.05) is 7.11 Å². The highest BCUT2D eigenvalue weighted by Gasteiger charge is 2.17. The number of aromatic nitrogens is 1. The molecule has 0 radical (unpaired) electrons. The number of nitrogens with zero attached hydrogens (tertiary/aromatic N) is 1. The molecule has 0 aliphatic heterocycles. The monoisotopic (exact) mass is 371 g/mol. The van der Waals surface area contributed by atoms with Crippen LogP contribution in [-0.4, -0.2) is 17.5 Å². The molecule has 4 aromatic rings. The number of ketones is 1. The van der Waals surface area contributed by atoms with Gasteiger partial charge in [-0.25, -0.2) is 0 Å². The predicted octanol–water partition coefficient (Wildman–Crippen LogP) is 6.22. The Morgan fingerprint density at radius 1 is 0.964 bits per heavy atom. The maximum atomic E-state index is 13.3. The lowest BCUT2D eigenvalue weighted by atomic mass is 9.99. The zero-order chi connectivity index (χ0) is 19.5. The van der Waals surface area contributed by atoms with Crippen molar-refractivity contribution in [1.82, 2.24) is 4.57 Å². The minimum Gasteiger partial charge on any atom is -0.497 e. The third-order valence-corrected chi connectivity index (χ3v) is 5.35. The number of hydrogen-bond acceptors (Lipinski definition) is 2. The second kappa shape index (κ2) is 7.89. The quantitative estimate of drug-likeness (QED) is 0.285. The first kappa shape index (κ1) is 18.3. The van der Waals surface area contributed by atoms with E-state index in [4.69, 9.17) is 4.74 Å². The van der Waals surface area contributed by atoms with Crippen LogP contribution in [0.15, 0.2) is 66.9 Å². The highest BCUT2D eigenvalue weighted by Crippen LogP contribution is 2.27. The molecule has 0 fully saturated rings. The normalized spacial score (nSPS) is 11.2. The fourth-order valence-corrected chi connectivity index (χ4v) is 3.79. The number of methoxy groups -OCH3 is 1. The molecule has 28 heavy (non-hydrogen) atoms. The van der Waals surface area contributed by atoms with Crippen LogP contribution in [0.25, 0.3) is 21.7 Å². The Morgan fingerprint density at radius 2 is 1.75 bits per heavy atom. The van der Waals surface area contributed by atoms with Gasteiger partial charge >= 0.3 is 0 Å². The van der Waals surface area contributed by atoms with Crippen LogP contribution in [0.5, 0.6) is 5.75 Å². The van der Waals surface area contributed by atoms with Gasteiger partial charge in [0.05, 0.1) is 7.11 Å². The minimum atomic E-state index is 0.0724. The van der Waals surface area contributed by atoms with Crippen LogP contribution in [0.3, 0.4) is 0 Å². The van der Waals surface area contributed by atoms with E-state index in [0.717, 1.165) is 46.0 Å². The summed E-state index contributed by atoms with van der Waals surface area (Å²) >= 11 is 0. The highest BCUT2D eigenvalue weighted by atomic mass is 16.5. The SMILES string of the molecule is CCCCCn1cc(C(=O)c2ccc3cc(OC)ccc3c2)c2ccccc21. The number of benzene rings is 3. The molecular formula is C25H25NO2. The van der Waals surface area contributed by atoms with Crippen molar-refractivity contribution in [1.29, 1.82) is 0 Å². The van der Waals surface area contributed by atoms with E-state index in [2.05, 4.69) is 17.6 Å². The average molecular weight is 371 g/mol. The summed E-state index contributed by atoms with van der Waals surface area (Å²) in [5, 5.41) is 3.13. The van der Waals surface area contributed by atoms with E-state index in [1.807, 2.05) is 60.8 Å². The van der Waals surface area contributed by atoms with Gasteiger partial charge in [-0.2, -0.15) is 0 Å². The molecule has 1 aromatic heterocycles. The van der Waals surface area contributed by atoms with Gasteiger partial charge in [0.25, 0.3) is 0 Å². The van der Waals surface area contributed by atoms with E-state index in [0.29, 0.717) is 5.56 Å². The number of aryl methyl sites for hydroxylation is 1. The van der Waals surface area contributed by atoms with Crippen LogP contribution in [0.2, 0.25) is 0 Å². The number of rotatable bonds is 7. The van der Waals surface area contributed by atoms with Crippen molar-refractivity contribution in [2.24, 2.45) is 0 Å². The second-order valence-electron chi connectivity index (χ2n) is 7.22. The number of carbonyl (C=O) groups excluding carboxylic acids is 1. The summed E-state index contributed by atoms with van der Waals surface area (Å²) in [5.41, 5.74) is 2.63. The number of unbranched alkanes of at least 4 members (excludes halogenated alkanes) is 2. The Kier molecular flexibility index (Phi) is 5.16. The lowest BCUT2D eigenvalue weighted by molar-refractivity contribution is 0.104. The number of carbonyl (C=O) groups is 1. The molecule has 0 spiro atoms. The van der Waals surface area contributed by atoms with Gasteiger partial charge in [0.15, 0.2) is 5.78 Å². The van der Waals surface area contributed by atoms with Crippen LogP contribution >= 0.6 is 0 Å². The fraction of sp³-hybridized carbons (Fsp3) is 0.240. The number of fused-ring (bicyclic) bond motifs is 2. The molecule has 3 aromatic carbocycles. The van der Waals surface area contributed by atoms with Crippen LogP contribution < -0.4 is 4.74 Å². The largest absolute Gasteiger partial charge is 0.497 e. The van der Waals surface area contributed by atoms with Gasteiger partial charge in [-0.05, 0) is 41.5 Å². The van der Waals surface area contributed by atoms with Gasteiger partial charge < -0.3 is 9.30 Å². The van der Waals surface area contributed by atoms with E-state index < -0.39 is 0 Å². The Labute approximate surface area is 165 Å². The summed E-state index contributed by atoms with van der Waals surface area (Å²) in [4.78, 5) is 13.3. The smallest absolute Gasteiger partial charge is 0.195 e. The first-order valence-electron chi connectivity index (χ1n) is 9.91. The zero-order valence-corrected chi connectivity index (χ0v) is 16.4. The lowest BCUT2D eigenvalue weighted by Crippen LogP contribution is -2.01. The third kappa shape index (κ3) is 3.40. The van der Waals surface area contributed by atoms with Crippen molar-refractivity contribution in [3.05, 3.63) is 78.0 Å². The Hall–Kier alpha value is -3.07. The molecule has 0 saturated heterocycles. The van der Waals surface area contributed by atoms with Crippen molar-refractivity contribution in [3.63, 3.8) is 0 Å². The maximum Gasteiger partial charge on any atom is 0.195 e. The van der Waals surface area contributed by atoms with Gasteiger partial charge in [-0.1, -0.05) is 56.2 Å². The summed E-state index contributed by atoms with van der Waals surface area (Å²) in [6, 6.07) is 20.0. The molecule has 0 aliphatic carbocycles.